The molecule has 1 aliphatic heterocycles. The highest BCUT2D eigenvalue weighted by Gasteiger charge is 2.31. The number of Topliss-reactive ketones (excluding diaryl/α,β-unsaturated/α-hetero) is 1. The number of alkyl halides is 2. The van der Waals surface area contributed by atoms with E-state index in [1.54, 1.807) is 0 Å². The van der Waals surface area contributed by atoms with Gasteiger partial charge in [-0.25, -0.2) is 0 Å². The number of benzene rings is 2. The lowest BCUT2D eigenvalue weighted by Gasteiger charge is -2.34. The van der Waals surface area contributed by atoms with Crippen LogP contribution >= 0.6 is 11.3 Å². The lowest BCUT2D eigenvalue weighted by atomic mass is 10.1. The maximum absolute atomic E-state index is 13.0. The highest BCUT2D eigenvalue weighted by Crippen LogP contribution is 2.30. The number of ketones is 1. The number of piperazine rings is 1. The van der Waals surface area contributed by atoms with Crippen LogP contribution in [0.1, 0.15) is 28.2 Å². The molecule has 2 aliphatic rings. The minimum Gasteiger partial charge on any atom is -0.433 e. The summed E-state index contributed by atoms with van der Waals surface area (Å²) in [6, 6.07) is 14.3. The molecule has 0 bridgehead atoms. The monoisotopic (exact) mass is 527 g/mol. The minimum atomic E-state index is -3.06. The summed E-state index contributed by atoms with van der Waals surface area (Å²) in [6.07, 6.45) is 2.49. The van der Waals surface area contributed by atoms with E-state index >= 15 is 0 Å². The Morgan fingerprint density at radius 2 is 1.81 bits per heavy atom. The van der Waals surface area contributed by atoms with Gasteiger partial charge in [0, 0.05) is 43.3 Å². The zero-order valence-corrected chi connectivity index (χ0v) is 20.9. The van der Waals surface area contributed by atoms with Gasteiger partial charge in [-0.1, -0.05) is 41.7 Å². The summed E-state index contributed by atoms with van der Waals surface area (Å²) in [7, 11) is 0. The molecule has 1 saturated heterocycles. The number of anilines is 1. The topological polar surface area (TPSA) is 87.7 Å². The number of nitrogens with one attached hydrogen (secondary N) is 1. The summed E-state index contributed by atoms with van der Waals surface area (Å²) in [4.78, 5) is 30.2. The summed E-state index contributed by atoms with van der Waals surface area (Å²) < 4.78 is 30.5. The zero-order chi connectivity index (χ0) is 25.8. The Hall–Kier alpha value is -3.28. The highest BCUT2D eigenvalue weighted by atomic mass is 32.1. The lowest BCUT2D eigenvalue weighted by molar-refractivity contribution is -0.117. The number of hydrogen-bond donors (Lipinski definition) is 1. The van der Waals surface area contributed by atoms with Crippen LogP contribution < -0.4 is 10.1 Å². The van der Waals surface area contributed by atoms with E-state index in [2.05, 4.69) is 25.2 Å². The first kappa shape index (κ1) is 25.4. The van der Waals surface area contributed by atoms with Gasteiger partial charge in [0.15, 0.2) is 5.78 Å². The number of carbonyl (C=O) groups is 2. The predicted octanol–water partition coefficient (Wildman–Crippen LogP) is 3.95. The van der Waals surface area contributed by atoms with E-state index < -0.39 is 6.61 Å². The first-order valence-electron chi connectivity index (χ1n) is 12.2. The van der Waals surface area contributed by atoms with Crippen molar-refractivity contribution in [2.45, 2.75) is 31.9 Å². The van der Waals surface area contributed by atoms with Crippen LogP contribution in [-0.4, -0.2) is 77.1 Å². The number of carbonyl (C=O) groups excluding carboxylic acids is 2. The fourth-order valence-electron chi connectivity index (χ4n) is 4.38. The van der Waals surface area contributed by atoms with Gasteiger partial charge in [-0.15, -0.1) is 10.2 Å². The average Bonchev–Trinajstić information content (AvgIpc) is 3.64. The number of hydrogen-bond acceptors (Lipinski definition) is 8. The van der Waals surface area contributed by atoms with Gasteiger partial charge in [0.25, 0.3) is 0 Å². The molecular formula is C26H27F2N5O3S. The first-order valence-corrected chi connectivity index (χ1v) is 13.0. The van der Waals surface area contributed by atoms with Gasteiger partial charge in [-0.2, -0.15) is 8.78 Å². The fourth-order valence-corrected chi connectivity index (χ4v) is 5.22. The Kier molecular flexibility index (Phi) is 7.82. The van der Waals surface area contributed by atoms with E-state index in [-0.39, 0.29) is 41.7 Å². The van der Waals surface area contributed by atoms with Crippen LogP contribution in [-0.2, 0) is 11.2 Å². The van der Waals surface area contributed by atoms with Crippen molar-refractivity contribution in [3.05, 3.63) is 59.1 Å². The van der Waals surface area contributed by atoms with Crippen molar-refractivity contribution in [3.63, 3.8) is 0 Å². The molecule has 11 heteroatoms. The van der Waals surface area contributed by atoms with Crippen LogP contribution in [0.3, 0.4) is 0 Å². The third kappa shape index (κ3) is 6.73. The van der Waals surface area contributed by atoms with Crippen LogP contribution in [0.25, 0.3) is 10.6 Å². The number of nitrogens with zero attached hydrogens (tertiary/aromatic N) is 4. The number of aromatic nitrogens is 2. The summed E-state index contributed by atoms with van der Waals surface area (Å²) in [5.41, 5.74) is 1.20. The molecule has 1 amide bonds. The van der Waals surface area contributed by atoms with Crippen molar-refractivity contribution in [1.82, 2.24) is 20.0 Å². The van der Waals surface area contributed by atoms with Crippen molar-refractivity contribution < 1.29 is 23.1 Å². The van der Waals surface area contributed by atoms with Gasteiger partial charge < -0.3 is 10.1 Å². The van der Waals surface area contributed by atoms with Crippen LogP contribution in [0.5, 0.6) is 5.75 Å². The fraction of sp³-hybridized carbons (Fsp3) is 0.385. The second kappa shape index (κ2) is 11.4. The highest BCUT2D eigenvalue weighted by molar-refractivity contribution is 7.14. The van der Waals surface area contributed by atoms with Gasteiger partial charge in [0.1, 0.15) is 15.8 Å². The Morgan fingerprint density at radius 1 is 1.05 bits per heavy atom. The Morgan fingerprint density at radius 3 is 2.51 bits per heavy atom. The average molecular weight is 528 g/mol. The van der Waals surface area contributed by atoms with Crippen LogP contribution in [0.2, 0.25) is 0 Å². The quantitative estimate of drug-likeness (QED) is 0.400. The van der Waals surface area contributed by atoms with Crippen molar-refractivity contribution >= 4 is 28.7 Å². The van der Waals surface area contributed by atoms with E-state index in [0.29, 0.717) is 16.1 Å². The van der Waals surface area contributed by atoms with E-state index in [1.165, 1.54) is 42.4 Å². The molecule has 37 heavy (non-hydrogen) atoms. The molecule has 194 valence electrons. The normalized spacial score (nSPS) is 16.6. The van der Waals surface area contributed by atoms with E-state index in [9.17, 15) is 18.4 Å². The summed E-state index contributed by atoms with van der Waals surface area (Å²) in [5.74, 6) is -0.813. The Labute approximate surface area is 217 Å². The molecule has 2 fully saturated rings. The number of ether oxygens (including phenoxy) is 1. The minimum absolute atomic E-state index is 0.00178. The van der Waals surface area contributed by atoms with Crippen molar-refractivity contribution in [1.29, 1.82) is 0 Å². The van der Waals surface area contributed by atoms with Crippen molar-refractivity contribution in [3.8, 4) is 16.3 Å². The van der Waals surface area contributed by atoms with E-state index in [4.69, 9.17) is 0 Å². The second-order valence-electron chi connectivity index (χ2n) is 9.15. The van der Waals surface area contributed by atoms with Crippen molar-refractivity contribution in [2.24, 2.45) is 0 Å². The molecule has 0 spiro atoms. The molecule has 2 aromatic carbocycles. The molecule has 1 N–H and O–H groups in total. The second-order valence-corrected chi connectivity index (χ2v) is 10.2. The van der Waals surface area contributed by atoms with Gasteiger partial charge in [-0.3, -0.25) is 19.4 Å². The SMILES string of the molecule is O=C(CN1CCN(C2CC2)CC1)Nc1cc(C(=O)Cc2nnc(-c3ccccc3)s2)ccc1OC(F)F. The van der Waals surface area contributed by atoms with Gasteiger partial charge in [0.05, 0.1) is 18.7 Å². The molecule has 0 unspecified atom stereocenters. The first-order chi connectivity index (χ1) is 17.9. The summed E-state index contributed by atoms with van der Waals surface area (Å²) >= 11 is 1.31. The Bertz CT molecular complexity index is 1240. The molecule has 5 rings (SSSR count). The van der Waals surface area contributed by atoms with Gasteiger partial charge in [0.2, 0.25) is 5.91 Å². The number of rotatable bonds is 10. The van der Waals surface area contributed by atoms with Crippen LogP contribution in [0.15, 0.2) is 48.5 Å². The molecule has 1 aromatic heterocycles. The lowest BCUT2D eigenvalue weighted by Crippen LogP contribution is -2.49. The third-order valence-electron chi connectivity index (χ3n) is 6.43. The molecule has 1 aliphatic carbocycles. The molecule has 0 atom stereocenters. The summed E-state index contributed by atoms with van der Waals surface area (Å²) in [5, 5.41) is 12.2. The molecule has 1 saturated carbocycles. The molecule has 0 radical (unpaired) electrons. The number of halogens is 2. The van der Waals surface area contributed by atoms with Crippen LogP contribution in [0, 0.1) is 0 Å². The van der Waals surface area contributed by atoms with Crippen LogP contribution in [0.4, 0.5) is 14.5 Å². The Balaban J connectivity index is 1.24. The maximum atomic E-state index is 13.0. The molecule has 3 aromatic rings. The van der Waals surface area contributed by atoms with Crippen molar-refractivity contribution in [2.75, 3.05) is 38.0 Å². The van der Waals surface area contributed by atoms with E-state index in [1.807, 2.05) is 35.2 Å². The van der Waals surface area contributed by atoms with Gasteiger partial charge in [-0.05, 0) is 31.0 Å². The predicted molar refractivity (Wildman–Crippen MR) is 136 cm³/mol. The maximum Gasteiger partial charge on any atom is 0.387 e. The number of amides is 1. The smallest absolute Gasteiger partial charge is 0.387 e. The molecule has 2 heterocycles. The van der Waals surface area contributed by atoms with Gasteiger partial charge >= 0.3 is 6.61 Å². The molecule has 8 nitrogen and oxygen atoms in total. The zero-order valence-electron chi connectivity index (χ0n) is 20.1. The van der Waals surface area contributed by atoms with E-state index in [0.717, 1.165) is 31.7 Å². The largest absolute Gasteiger partial charge is 0.433 e. The molecular weight excluding hydrogens is 500 g/mol. The third-order valence-corrected chi connectivity index (χ3v) is 7.40. The summed E-state index contributed by atoms with van der Waals surface area (Å²) in [6.45, 7) is 0.451. The standard InChI is InChI=1S/C26H27F2N5O3S/c27-26(28)36-22-9-6-18(21(34)15-24-30-31-25(37-24)17-4-2-1-3-5-17)14-20(22)29-23(35)16-32-10-12-33(13-11-32)19-7-8-19/h1-6,9,14,19,26H,7-8,10-13,15-16H2,(H,29,35).